The van der Waals surface area contributed by atoms with Crippen LogP contribution < -0.4 is 10.1 Å². The summed E-state index contributed by atoms with van der Waals surface area (Å²) in [6.07, 6.45) is 0.325. The molecule has 0 atom stereocenters. The minimum absolute atomic E-state index is 0.0808. The van der Waals surface area contributed by atoms with Crippen LogP contribution in [0.25, 0.3) is 11.4 Å². The van der Waals surface area contributed by atoms with Crippen LogP contribution in [0.3, 0.4) is 0 Å². The molecule has 140 valence electrons. The molecule has 0 aliphatic rings. The van der Waals surface area contributed by atoms with Gasteiger partial charge < -0.3 is 14.6 Å². The Kier molecular flexibility index (Phi) is 5.86. The summed E-state index contributed by atoms with van der Waals surface area (Å²) in [4.78, 5) is 16.5. The standard InChI is InChI=1S/C21H23N3O3/c1-4-26-18-9-7-16(8-10-18)21-23-20(27-24-21)13-22-19(25)12-17-6-5-14(2)11-15(17)3/h5-11H,4,12-13H2,1-3H3,(H,22,25). The van der Waals surface area contributed by atoms with Gasteiger partial charge in [0.15, 0.2) is 0 Å². The van der Waals surface area contributed by atoms with Crippen LogP contribution in [0.5, 0.6) is 5.75 Å². The zero-order valence-electron chi connectivity index (χ0n) is 15.8. The van der Waals surface area contributed by atoms with Crippen molar-refractivity contribution in [2.24, 2.45) is 0 Å². The van der Waals surface area contributed by atoms with Crippen molar-refractivity contribution >= 4 is 5.91 Å². The Morgan fingerprint density at radius 1 is 1.15 bits per heavy atom. The van der Waals surface area contributed by atoms with E-state index in [4.69, 9.17) is 9.26 Å². The number of rotatable bonds is 7. The number of carbonyl (C=O) groups excluding carboxylic acids is 1. The number of aryl methyl sites for hydroxylation is 2. The maximum atomic E-state index is 12.2. The van der Waals surface area contributed by atoms with Crippen molar-refractivity contribution in [1.29, 1.82) is 0 Å². The first-order valence-electron chi connectivity index (χ1n) is 8.94. The van der Waals surface area contributed by atoms with Gasteiger partial charge in [-0.15, -0.1) is 0 Å². The predicted octanol–water partition coefficient (Wildman–Crippen LogP) is 3.61. The summed E-state index contributed by atoms with van der Waals surface area (Å²) >= 11 is 0. The minimum atomic E-state index is -0.0808. The van der Waals surface area contributed by atoms with Gasteiger partial charge in [0.05, 0.1) is 19.6 Å². The summed E-state index contributed by atoms with van der Waals surface area (Å²) < 4.78 is 10.6. The molecule has 6 heteroatoms. The van der Waals surface area contributed by atoms with Gasteiger partial charge >= 0.3 is 0 Å². The number of nitrogens with one attached hydrogen (secondary N) is 1. The van der Waals surface area contributed by atoms with E-state index >= 15 is 0 Å². The lowest BCUT2D eigenvalue weighted by Crippen LogP contribution is -2.25. The molecule has 1 amide bonds. The maximum absolute atomic E-state index is 12.2. The molecule has 0 saturated carbocycles. The Bertz CT molecular complexity index is 917. The molecule has 0 aliphatic carbocycles. The first-order valence-corrected chi connectivity index (χ1v) is 8.94. The van der Waals surface area contributed by atoms with E-state index in [1.165, 1.54) is 5.56 Å². The zero-order valence-corrected chi connectivity index (χ0v) is 15.8. The Morgan fingerprint density at radius 3 is 2.63 bits per heavy atom. The van der Waals surface area contributed by atoms with Crippen molar-refractivity contribution in [3.63, 3.8) is 0 Å². The van der Waals surface area contributed by atoms with E-state index < -0.39 is 0 Å². The van der Waals surface area contributed by atoms with Crippen molar-refractivity contribution in [2.75, 3.05) is 6.61 Å². The molecule has 2 aromatic carbocycles. The van der Waals surface area contributed by atoms with Gasteiger partial charge in [0, 0.05) is 5.56 Å². The lowest BCUT2D eigenvalue weighted by Gasteiger charge is -2.07. The molecule has 3 aromatic rings. The molecule has 0 aliphatic heterocycles. The highest BCUT2D eigenvalue weighted by Gasteiger charge is 2.11. The molecule has 0 radical (unpaired) electrons. The molecule has 0 bridgehead atoms. The molecule has 1 N–H and O–H groups in total. The van der Waals surface area contributed by atoms with Crippen molar-refractivity contribution < 1.29 is 14.1 Å². The fourth-order valence-electron chi connectivity index (χ4n) is 2.76. The summed E-state index contributed by atoms with van der Waals surface area (Å²) in [7, 11) is 0. The van der Waals surface area contributed by atoms with Crippen LogP contribution in [-0.2, 0) is 17.8 Å². The summed E-state index contributed by atoms with van der Waals surface area (Å²) in [5, 5.41) is 6.79. The van der Waals surface area contributed by atoms with E-state index in [0.29, 0.717) is 24.7 Å². The van der Waals surface area contributed by atoms with Crippen LogP contribution in [0.15, 0.2) is 47.0 Å². The largest absolute Gasteiger partial charge is 0.494 e. The fraction of sp³-hybridized carbons (Fsp3) is 0.286. The number of carbonyl (C=O) groups is 1. The molecule has 0 fully saturated rings. The van der Waals surface area contributed by atoms with Crippen LogP contribution in [-0.4, -0.2) is 22.7 Å². The monoisotopic (exact) mass is 365 g/mol. The Labute approximate surface area is 158 Å². The Hall–Kier alpha value is -3.15. The third-order valence-electron chi connectivity index (χ3n) is 4.18. The molecule has 3 rings (SSSR count). The van der Waals surface area contributed by atoms with Gasteiger partial charge in [0.2, 0.25) is 17.6 Å². The van der Waals surface area contributed by atoms with Crippen molar-refractivity contribution in [3.8, 4) is 17.1 Å². The van der Waals surface area contributed by atoms with E-state index in [9.17, 15) is 4.79 Å². The zero-order chi connectivity index (χ0) is 19.2. The summed E-state index contributed by atoms with van der Waals surface area (Å²) in [6.45, 7) is 6.81. The van der Waals surface area contributed by atoms with Gasteiger partial charge in [0.1, 0.15) is 5.75 Å². The van der Waals surface area contributed by atoms with E-state index in [0.717, 1.165) is 22.4 Å². The third-order valence-corrected chi connectivity index (χ3v) is 4.18. The van der Waals surface area contributed by atoms with E-state index in [1.807, 2.05) is 57.2 Å². The van der Waals surface area contributed by atoms with E-state index in [-0.39, 0.29) is 12.5 Å². The number of aromatic nitrogens is 2. The average molecular weight is 365 g/mol. The highest BCUT2D eigenvalue weighted by atomic mass is 16.5. The van der Waals surface area contributed by atoms with Crippen LogP contribution in [0.1, 0.15) is 29.5 Å². The summed E-state index contributed by atoms with van der Waals surface area (Å²) in [6, 6.07) is 13.5. The van der Waals surface area contributed by atoms with Gasteiger partial charge in [-0.1, -0.05) is 28.9 Å². The van der Waals surface area contributed by atoms with E-state index in [2.05, 4.69) is 21.5 Å². The summed E-state index contributed by atoms with van der Waals surface area (Å²) in [5.41, 5.74) is 4.14. The quantitative estimate of drug-likeness (QED) is 0.692. The van der Waals surface area contributed by atoms with Gasteiger partial charge in [0.25, 0.3) is 0 Å². The van der Waals surface area contributed by atoms with Gasteiger partial charge in [-0.25, -0.2) is 0 Å². The molecule has 0 unspecified atom stereocenters. The van der Waals surface area contributed by atoms with Gasteiger partial charge in [-0.3, -0.25) is 4.79 Å². The van der Waals surface area contributed by atoms with Crippen LogP contribution in [0.2, 0.25) is 0 Å². The molecular weight excluding hydrogens is 342 g/mol. The second kappa shape index (κ2) is 8.49. The van der Waals surface area contributed by atoms with Gasteiger partial charge in [-0.2, -0.15) is 4.98 Å². The number of hydrogen-bond donors (Lipinski definition) is 1. The first-order chi connectivity index (χ1) is 13.0. The number of nitrogens with zero attached hydrogens (tertiary/aromatic N) is 2. The first kappa shape index (κ1) is 18.6. The second-order valence-corrected chi connectivity index (χ2v) is 6.35. The highest BCUT2D eigenvalue weighted by Crippen LogP contribution is 2.20. The fourth-order valence-corrected chi connectivity index (χ4v) is 2.76. The lowest BCUT2D eigenvalue weighted by molar-refractivity contribution is -0.120. The van der Waals surface area contributed by atoms with Crippen LogP contribution in [0.4, 0.5) is 0 Å². The Morgan fingerprint density at radius 2 is 1.93 bits per heavy atom. The van der Waals surface area contributed by atoms with Crippen LogP contribution in [0, 0.1) is 13.8 Å². The number of hydrogen-bond acceptors (Lipinski definition) is 5. The number of ether oxygens (including phenoxy) is 1. The molecule has 0 saturated heterocycles. The normalized spacial score (nSPS) is 10.6. The smallest absolute Gasteiger partial charge is 0.246 e. The van der Waals surface area contributed by atoms with Crippen molar-refractivity contribution in [1.82, 2.24) is 15.5 Å². The highest BCUT2D eigenvalue weighted by molar-refractivity contribution is 5.78. The maximum Gasteiger partial charge on any atom is 0.246 e. The van der Waals surface area contributed by atoms with Crippen LogP contribution >= 0.6 is 0 Å². The average Bonchev–Trinajstić information content (AvgIpc) is 3.12. The Balaban J connectivity index is 1.56. The molecule has 27 heavy (non-hydrogen) atoms. The second-order valence-electron chi connectivity index (χ2n) is 6.35. The van der Waals surface area contributed by atoms with Gasteiger partial charge in [-0.05, 0) is 56.2 Å². The predicted molar refractivity (Wildman–Crippen MR) is 102 cm³/mol. The SMILES string of the molecule is CCOc1ccc(-c2noc(CNC(=O)Cc3ccc(C)cc3C)n2)cc1. The molecule has 1 heterocycles. The molecular formula is C21H23N3O3. The van der Waals surface area contributed by atoms with Crippen molar-refractivity contribution in [2.45, 2.75) is 33.7 Å². The summed E-state index contributed by atoms with van der Waals surface area (Å²) in [5.74, 6) is 1.57. The topological polar surface area (TPSA) is 77.3 Å². The number of benzene rings is 2. The molecule has 0 spiro atoms. The van der Waals surface area contributed by atoms with E-state index in [1.54, 1.807) is 0 Å². The molecule has 1 aromatic heterocycles. The minimum Gasteiger partial charge on any atom is -0.494 e. The third kappa shape index (κ3) is 4.94. The molecule has 6 nitrogen and oxygen atoms in total. The van der Waals surface area contributed by atoms with Crippen molar-refractivity contribution in [3.05, 3.63) is 65.0 Å². The lowest BCUT2D eigenvalue weighted by atomic mass is 10.0. The number of amides is 1.